The number of aromatic nitrogens is 4. The van der Waals surface area contributed by atoms with Gasteiger partial charge in [-0.3, -0.25) is 9.48 Å². The van der Waals surface area contributed by atoms with Crippen LogP contribution in [0.15, 0.2) is 24.3 Å². The standard InChI is InChI=1S/C21H25N5O/c1-12(2)11-26-16-7-5-4-6-15(16)22-20(26)14-10-17(27)23-21-18(14)19(13-8-9-13)24-25(21)3/h4-7,12-14H,8-11H2,1-3H3,(H,23,27)/t14-/m0/s1. The highest BCUT2D eigenvalue weighted by Gasteiger charge is 2.40. The summed E-state index contributed by atoms with van der Waals surface area (Å²) >= 11 is 0. The van der Waals surface area contributed by atoms with Crippen LogP contribution in [0.2, 0.25) is 0 Å². The second-order valence-electron chi connectivity index (χ2n) is 8.31. The molecule has 2 aliphatic rings. The first-order chi connectivity index (χ1) is 13.0. The van der Waals surface area contributed by atoms with Crippen LogP contribution in [0.5, 0.6) is 0 Å². The topological polar surface area (TPSA) is 64.7 Å². The van der Waals surface area contributed by atoms with Gasteiger partial charge in [0.15, 0.2) is 0 Å². The van der Waals surface area contributed by atoms with Gasteiger partial charge >= 0.3 is 0 Å². The van der Waals surface area contributed by atoms with Gasteiger partial charge in [-0.2, -0.15) is 5.10 Å². The Balaban J connectivity index is 1.73. The summed E-state index contributed by atoms with van der Waals surface area (Å²) in [5.41, 5.74) is 4.48. The Bertz CT molecular complexity index is 1040. The molecule has 3 heterocycles. The Kier molecular flexibility index (Phi) is 3.64. The largest absolute Gasteiger partial charge is 0.327 e. The van der Waals surface area contributed by atoms with E-state index in [2.05, 4.69) is 41.9 Å². The average molecular weight is 363 g/mol. The summed E-state index contributed by atoms with van der Waals surface area (Å²) in [6, 6.07) is 8.27. The van der Waals surface area contributed by atoms with Gasteiger partial charge in [0, 0.05) is 31.5 Å². The van der Waals surface area contributed by atoms with Crippen molar-refractivity contribution < 1.29 is 4.79 Å². The minimum absolute atomic E-state index is 0.0378. The molecule has 140 valence electrons. The molecule has 0 unspecified atom stereocenters. The van der Waals surface area contributed by atoms with Gasteiger partial charge in [-0.25, -0.2) is 4.98 Å². The number of amides is 1. The number of aryl methyl sites for hydroxylation is 1. The van der Waals surface area contributed by atoms with Crippen LogP contribution in [0.25, 0.3) is 11.0 Å². The molecule has 0 bridgehead atoms. The molecule has 0 radical (unpaired) electrons. The maximum atomic E-state index is 12.5. The van der Waals surface area contributed by atoms with Crippen molar-refractivity contribution in [1.29, 1.82) is 0 Å². The molecule has 1 aliphatic carbocycles. The fourth-order valence-corrected chi connectivity index (χ4v) is 4.32. The molecule has 1 amide bonds. The summed E-state index contributed by atoms with van der Waals surface area (Å²) < 4.78 is 4.15. The third kappa shape index (κ3) is 2.66. The minimum Gasteiger partial charge on any atom is -0.327 e. The SMILES string of the molecule is CC(C)Cn1c([C@H]2CC(=O)Nc3c2c(C2CC2)nn3C)nc2ccccc21. The highest BCUT2D eigenvalue weighted by atomic mass is 16.1. The number of benzene rings is 1. The van der Waals surface area contributed by atoms with Crippen LogP contribution in [0.1, 0.15) is 62.0 Å². The molecular weight excluding hydrogens is 338 g/mol. The maximum absolute atomic E-state index is 12.5. The lowest BCUT2D eigenvalue weighted by Gasteiger charge is -2.25. The zero-order valence-corrected chi connectivity index (χ0v) is 16.1. The first kappa shape index (κ1) is 16.5. The molecule has 6 nitrogen and oxygen atoms in total. The van der Waals surface area contributed by atoms with Gasteiger partial charge in [0.2, 0.25) is 5.91 Å². The summed E-state index contributed by atoms with van der Waals surface area (Å²) in [5, 5.41) is 7.82. The molecule has 5 rings (SSSR count). The van der Waals surface area contributed by atoms with E-state index >= 15 is 0 Å². The number of nitrogens with one attached hydrogen (secondary N) is 1. The Morgan fingerprint density at radius 1 is 1.26 bits per heavy atom. The third-order valence-electron chi connectivity index (χ3n) is 5.62. The number of carbonyl (C=O) groups excluding carboxylic acids is 1. The lowest BCUT2D eigenvalue weighted by atomic mass is 9.89. The van der Waals surface area contributed by atoms with Crippen molar-refractivity contribution in [2.75, 3.05) is 5.32 Å². The van der Waals surface area contributed by atoms with Crippen molar-refractivity contribution in [2.24, 2.45) is 13.0 Å². The van der Waals surface area contributed by atoms with Crippen LogP contribution in [-0.4, -0.2) is 25.2 Å². The predicted octanol–water partition coefficient (Wildman–Crippen LogP) is 3.78. The zero-order valence-electron chi connectivity index (χ0n) is 16.1. The van der Waals surface area contributed by atoms with Crippen LogP contribution in [0.4, 0.5) is 5.82 Å². The van der Waals surface area contributed by atoms with Crippen molar-refractivity contribution in [1.82, 2.24) is 19.3 Å². The molecular formula is C21H25N5O. The van der Waals surface area contributed by atoms with E-state index in [9.17, 15) is 4.79 Å². The van der Waals surface area contributed by atoms with Crippen molar-refractivity contribution in [3.05, 3.63) is 41.3 Å². The molecule has 1 aliphatic heterocycles. The summed E-state index contributed by atoms with van der Waals surface area (Å²) in [6.45, 7) is 5.33. The van der Waals surface area contributed by atoms with Crippen molar-refractivity contribution in [2.45, 2.75) is 51.5 Å². The molecule has 1 atom stereocenters. The molecule has 1 aromatic carbocycles. The van der Waals surface area contributed by atoms with Crippen LogP contribution in [0.3, 0.4) is 0 Å². The highest BCUT2D eigenvalue weighted by molar-refractivity contribution is 5.94. The highest BCUT2D eigenvalue weighted by Crippen LogP contribution is 2.48. The van der Waals surface area contributed by atoms with E-state index in [1.165, 1.54) is 18.4 Å². The number of carbonyl (C=O) groups is 1. The van der Waals surface area contributed by atoms with Gasteiger partial charge in [0.05, 0.1) is 22.6 Å². The number of hydrogen-bond donors (Lipinski definition) is 1. The zero-order chi connectivity index (χ0) is 18.7. The molecule has 3 aromatic rings. The molecule has 0 spiro atoms. The smallest absolute Gasteiger partial charge is 0.226 e. The average Bonchev–Trinajstić information content (AvgIpc) is 3.35. The molecule has 0 saturated heterocycles. The quantitative estimate of drug-likeness (QED) is 0.767. The fourth-order valence-electron chi connectivity index (χ4n) is 4.32. The lowest BCUT2D eigenvalue weighted by molar-refractivity contribution is -0.116. The van der Waals surface area contributed by atoms with E-state index in [1.54, 1.807) is 0 Å². The lowest BCUT2D eigenvalue weighted by Crippen LogP contribution is -2.27. The van der Waals surface area contributed by atoms with E-state index in [0.717, 1.165) is 34.9 Å². The van der Waals surface area contributed by atoms with Gasteiger partial charge in [-0.1, -0.05) is 26.0 Å². The van der Waals surface area contributed by atoms with Gasteiger partial charge in [-0.15, -0.1) is 0 Å². The van der Waals surface area contributed by atoms with Gasteiger partial charge < -0.3 is 9.88 Å². The summed E-state index contributed by atoms with van der Waals surface area (Å²) in [6.07, 6.45) is 2.80. The summed E-state index contributed by atoms with van der Waals surface area (Å²) in [7, 11) is 1.92. The molecule has 27 heavy (non-hydrogen) atoms. The number of para-hydroxylation sites is 2. The molecule has 6 heteroatoms. The van der Waals surface area contributed by atoms with Crippen LogP contribution >= 0.6 is 0 Å². The maximum Gasteiger partial charge on any atom is 0.226 e. The van der Waals surface area contributed by atoms with Crippen molar-refractivity contribution in [3.8, 4) is 0 Å². The normalized spacial score (nSPS) is 19.6. The number of nitrogens with zero attached hydrogens (tertiary/aromatic N) is 4. The van der Waals surface area contributed by atoms with Crippen LogP contribution in [0, 0.1) is 5.92 Å². The van der Waals surface area contributed by atoms with E-state index in [1.807, 2.05) is 17.8 Å². The minimum atomic E-state index is -0.0378. The van der Waals surface area contributed by atoms with Gasteiger partial charge in [0.1, 0.15) is 11.6 Å². The predicted molar refractivity (Wildman–Crippen MR) is 105 cm³/mol. The van der Waals surface area contributed by atoms with Crippen LogP contribution in [-0.2, 0) is 18.4 Å². The monoisotopic (exact) mass is 363 g/mol. The number of rotatable bonds is 4. The first-order valence-corrected chi connectivity index (χ1v) is 9.84. The third-order valence-corrected chi connectivity index (χ3v) is 5.62. The Morgan fingerprint density at radius 3 is 2.78 bits per heavy atom. The van der Waals surface area contributed by atoms with Gasteiger partial charge in [-0.05, 0) is 30.9 Å². The number of anilines is 1. The van der Waals surface area contributed by atoms with E-state index in [0.29, 0.717) is 18.3 Å². The Hall–Kier alpha value is -2.63. The van der Waals surface area contributed by atoms with Gasteiger partial charge in [0.25, 0.3) is 0 Å². The van der Waals surface area contributed by atoms with Crippen molar-refractivity contribution in [3.63, 3.8) is 0 Å². The number of fused-ring (bicyclic) bond motifs is 2. The Labute approximate surface area is 158 Å². The van der Waals surface area contributed by atoms with E-state index < -0.39 is 0 Å². The fraction of sp³-hybridized carbons (Fsp3) is 0.476. The summed E-state index contributed by atoms with van der Waals surface area (Å²) in [4.78, 5) is 17.5. The number of hydrogen-bond acceptors (Lipinski definition) is 3. The molecule has 1 N–H and O–H groups in total. The second-order valence-corrected chi connectivity index (χ2v) is 8.31. The van der Waals surface area contributed by atoms with Crippen molar-refractivity contribution >= 4 is 22.8 Å². The number of imidazole rings is 1. The summed E-state index contributed by atoms with van der Waals surface area (Å²) in [5.74, 6) is 2.87. The molecule has 1 saturated carbocycles. The van der Waals surface area contributed by atoms with Crippen LogP contribution < -0.4 is 5.32 Å². The second kappa shape index (κ2) is 5.94. The Morgan fingerprint density at radius 2 is 2.04 bits per heavy atom. The van der Waals surface area contributed by atoms with E-state index in [-0.39, 0.29) is 11.8 Å². The first-order valence-electron chi connectivity index (χ1n) is 9.84. The molecule has 2 aromatic heterocycles. The van der Waals surface area contributed by atoms with E-state index in [4.69, 9.17) is 10.1 Å². The molecule has 1 fully saturated rings.